The number of ether oxygens (including phenoxy) is 5. The summed E-state index contributed by atoms with van der Waals surface area (Å²) >= 11 is 0. The van der Waals surface area contributed by atoms with Gasteiger partial charge in [0.15, 0.2) is 12.6 Å². The summed E-state index contributed by atoms with van der Waals surface area (Å²) in [6.07, 6.45) is 19.6. The van der Waals surface area contributed by atoms with Crippen molar-refractivity contribution >= 4 is 5.97 Å². The van der Waals surface area contributed by atoms with Gasteiger partial charge in [-0.3, -0.25) is 4.79 Å². The summed E-state index contributed by atoms with van der Waals surface area (Å²) < 4.78 is 29.0. The SMILES string of the molecule is O=C1C[C@@H]2[C@@H](C=CCCCCCCOC3CCCCO3)CC[C@@]2(COC2CCCCO2)O1. The lowest BCUT2D eigenvalue weighted by atomic mass is 9.85. The van der Waals surface area contributed by atoms with Crippen molar-refractivity contribution in [3.63, 3.8) is 0 Å². The van der Waals surface area contributed by atoms with Gasteiger partial charge < -0.3 is 23.7 Å². The zero-order valence-electron chi connectivity index (χ0n) is 19.6. The smallest absolute Gasteiger partial charge is 0.306 e. The largest absolute Gasteiger partial charge is 0.456 e. The molecule has 0 N–H and O–H groups in total. The van der Waals surface area contributed by atoms with Gasteiger partial charge in [0.2, 0.25) is 0 Å². The molecule has 3 heterocycles. The zero-order chi connectivity index (χ0) is 22.1. The molecule has 4 fully saturated rings. The van der Waals surface area contributed by atoms with Crippen molar-refractivity contribution in [3.05, 3.63) is 12.2 Å². The molecule has 0 amide bonds. The third-order valence-electron chi connectivity index (χ3n) is 7.54. The van der Waals surface area contributed by atoms with E-state index in [0.717, 1.165) is 71.2 Å². The molecule has 0 aromatic heterocycles. The standard InChI is InChI=1S/C26H42O6/c27-23-19-22-21(14-15-26(22,32-23)20-31-25-13-7-10-18-30-25)11-5-3-1-2-4-8-16-28-24-12-6-9-17-29-24/h5,11,21-22,24-25H,1-4,6-10,12-20H2/t21-,22+,24?,25?,26-/m0/s1. The number of carbonyl (C=O) groups is 1. The maximum Gasteiger partial charge on any atom is 0.306 e. The Morgan fingerprint density at radius 3 is 2.41 bits per heavy atom. The van der Waals surface area contributed by atoms with Crippen LogP contribution in [0.25, 0.3) is 0 Å². The second-order valence-electron chi connectivity index (χ2n) is 9.96. The summed E-state index contributed by atoms with van der Waals surface area (Å²) in [7, 11) is 0. The Hall–Kier alpha value is -0.950. The van der Waals surface area contributed by atoms with Gasteiger partial charge in [-0.25, -0.2) is 0 Å². The van der Waals surface area contributed by atoms with E-state index in [0.29, 0.717) is 18.9 Å². The Morgan fingerprint density at radius 1 is 0.906 bits per heavy atom. The highest BCUT2D eigenvalue weighted by Gasteiger charge is 2.56. The van der Waals surface area contributed by atoms with Gasteiger partial charge in [-0.1, -0.05) is 25.0 Å². The average Bonchev–Trinajstić information content (AvgIpc) is 3.32. The molecule has 0 aromatic carbocycles. The van der Waals surface area contributed by atoms with Gasteiger partial charge in [0, 0.05) is 25.7 Å². The molecule has 3 aliphatic heterocycles. The number of carbonyl (C=O) groups excluding carboxylic acids is 1. The van der Waals surface area contributed by atoms with Gasteiger partial charge in [0.1, 0.15) is 5.60 Å². The number of allylic oxidation sites excluding steroid dienone is 2. The molecule has 1 aliphatic carbocycles. The monoisotopic (exact) mass is 450 g/mol. The van der Waals surface area contributed by atoms with Crippen molar-refractivity contribution in [1.29, 1.82) is 0 Å². The second kappa shape index (κ2) is 12.5. The van der Waals surface area contributed by atoms with E-state index >= 15 is 0 Å². The van der Waals surface area contributed by atoms with Crippen LogP contribution < -0.4 is 0 Å². The highest BCUT2D eigenvalue weighted by atomic mass is 16.7. The van der Waals surface area contributed by atoms with Gasteiger partial charge >= 0.3 is 5.97 Å². The zero-order valence-corrected chi connectivity index (χ0v) is 19.6. The molecule has 182 valence electrons. The van der Waals surface area contributed by atoms with Crippen LogP contribution in [-0.2, 0) is 28.5 Å². The van der Waals surface area contributed by atoms with Crippen molar-refractivity contribution in [1.82, 2.24) is 0 Å². The highest BCUT2D eigenvalue weighted by Crippen LogP contribution is 2.50. The fraction of sp³-hybridized carbons (Fsp3) is 0.885. The molecule has 0 aromatic rings. The molecule has 5 atom stereocenters. The minimum Gasteiger partial charge on any atom is -0.456 e. The van der Waals surface area contributed by atoms with E-state index in [2.05, 4.69) is 12.2 Å². The van der Waals surface area contributed by atoms with E-state index < -0.39 is 5.60 Å². The topological polar surface area (TPSA) is 63.2 Å². The first-order valence-corrected chi connectivity index (χ1v) is 13.1. The van der Waals surface area contributed by atoms with E-state index in [4.69, 9.17) is 23.7 Å². The van der Waals surface area contributed by atoms with E-state index in [1.54, 1.807) is 0 Å². The molecule has 0 spiro atoms. The van der Waals surface area contributed by atoms with Gasteiger partial charge in [0.05, 0.1) is 13.0 Å². The van der Waals surface area contributed by atoms with Crippen LogP contribution in [0, 0.1) is 11.8 Å². The molecule has 1 saturated carbocycles. The predicted octanol–water partition coefficient (Wildman–Crippen LogP) is 5.29. The van der Waals surface area contributed by atoms with Crippen molar-refractivity contribution in [2.75, 3.05) is 26.4 Å². The summed E-state index contributed by atoms with van der Waals surface area (Å²) in [6.45, 7) is 2.91. The van der Waals surface area contributed by atoms with E-state index in [1.165, 1.54) is 32.1 Å². The molecule has 32 heavy (non-hydrogen) atoms. The second-order valence-corrected chi connectivity index (χ2v) is 9.96. The first-order chi connectivity index (χ1) is 15.8. The third kappa shape index (κ3) is 6.78. The van der Waals surface area contributed by atoms with Crippen LogP contribution in [0.3, 0.4) is 0 Å². The molecule has 2 unspecified atom stereocenters. The Bertz CT molecular complexity index is 595. The molecular weight excluding hydrogens is 408 g/mol. The third-order valence-corrected chi connectivity index (χ3v) is 7.54. The lowest BCUT2D eigenvalue weighted by molar-refractivity contribution is -0.199. The molecule has 0 radical (unpaired) electrons. The van der Waals surface area contributed by atoms with E-state index in [1.807, 2.05) is 0 Å². The van der Waals surface area contributed by atoms with Crippen LogP contribution in [0.4, 0.5) is 0 Å². The Balaban J connectivity index is 1.10. The lowest BCUT2D eigenvalue weighted by Crippen LogP contribution is -2.40. The minimum absolute atomic E-state index is 0.0391. The van der Waals surface area contributed by atoms with Crippen LogP contribution >= 0.6 is 0 Å². The van der Waals surface area contributed by atoms with Gasteiger partial charge in [-0.15, -0.1) is 0 Å². The van der Waals surface area contributed by atoms with Gasteiger partial charge in [0.25, 0.3) is 0 Å². The fourth-order valence-corrected chi connectivity index (χ4v) is 5.66. The maximum absolute atomic E-state index is 12.1. The molecule has 6 heteroatoms. The normalized spacial score (nSPS) is 35.3. The summed E-state index contributed by atoms with van der Waals surface area (Å²) in [5, 5.41) is 0. The summed E-state index contributed by atoms with van der Waals surface area (Å²) in [5.74, 6) is 0.595. The molecule has 3 saturated heterocycles. The minimum atomic E-state index is -0.436. The maximum atomic E-state index is 12.1. The van der Waals surface area contributed by atoms with E-state index in [-0.39, 0.29) is 24.5 Å². The summed E-state index contributed by atoms with van der Waals surface area (Å²) in [5.41, 5.74) is -0.436. The van der Waals surface area contributed by atoms with Crippen molar-refractivity contribution in [2.24, 2.45) is 11.8 Å². The van der Waals surface area contributed by atoms with Crippen LogP contribution in [0.15, 0.2) is 12.2 Å². The van der Waals surface area contributed by atoms with Crippen molar-refractivity contribution in [2.45, 2.75) is 108 Å². The Labute approximate surface area is 193 Å². The van der Waals surface area contributed by atoms with Gasteiger partial charge in [-0.05, 0) is 76.5 Å². The number of hydrogen-bond donors (Lipinski definition) is 0. The van der Waals surface area contributed by atoms with Gasteiger partial charge in [-0.2, -0.15) is 0 Å². The molecular formula is C26H42O6. The summed E-state index contributed by atoms with van der Waals surface area (Å²) in [6, 6.07) is 0. The van der Waals surface area contributed by atoms with Crippen molar-refractivity contribution in [3.8, 4) is 0 Å². The average molecular weight is 451 g/mol. The Kier molecular flexibility index (Phi) is 9.44. The first kappa shape index (κ1) is 24.2. The first-order valence-electron chi connectivity index (χ1n) is 13.1. The van der Waals surface area contributed by atoms with Crippen LogP contribution in [0.2, 0.25) is 0 Å². The number of rotatable bonds is 12. The summed E-state index contributed by atoms with van der Waals surface area (Å²) in [4.78, 5) is 12.1. The Morgan fingerprint density at radius 2 is 1.66 bits per heavy atom. The van der Waals surface area contributed by atoms with Crippen LogP contribution in [-0.4, -0.2) is 50.6 Å². The molecule has 0 bridgehead atoms. The quantitative estimate of drug-likeness (QED) is 0.229. The highest BCUT2D eigenvalue weighted by molar-refractivity contribution is 5.73. The van der Waals surface area contributed by atoms with Crippen molar-refractivity contribution < 1.29 is 28.5 Å². The number of hydrogen-bond acceptors (Lipinski definition) is 6. The van der Waals surface area contributed by atoms with Crippen LogP contribution in [0.1, 0.15) is 89.9 Å². The number of esters is 1. The molecule has 4 aliphatic rings. The number of unbranched alkanes of at least 4 members (excludes halogenated alkanes) is 4. The predicted molar refractivity (Wildman–Crippen MR) is 121 cm³/mol. The number of fused-ring (bicyclic) bond motifs is 1. The lowest BCUT2D eigenvalue weighted by Gasteiger charge is -2.31. The molecule has 6 nitrogen and oxygen atoms in total. The van der Waals surface area contributed by atoms with Crippen LogP contribution in [0.5, 0.6) is 0 Å². The molecule has 4 rings (SSSR count). The van der Waals surface area contributed by atoms with E-state index in [9.17, 15) is 4.79 Å². The fourth-order valence-electron chi connectivity index (χ4n) is 5.66.